The summed E-state index contributed by atoms with van der Waals surface area (Å²) in [5.41, 5.74) is 1.47. The molecule has 1 N–H and O–H groups in total. The van der Waals surface area contributed by atoms with E-state index in [2.05, 4.69) is 20.2 Å². The number of nitrogens with one attached hydrogen (secondary N) is 1. The molecule has 3 rings (SSSR count). The van der Waals surface area contributed by atoms with Crippen LogP contribution < -0.4 is 10.2 Å². The molecule has 0 amide bonds. The zero-order chi connectivity index (χ0) is 12.4. The summed E-state index contributed by atoms with van der Waals surface area (Å²) in [6.07, 6.45) is 4.38. The Hall–Kier alpha value is -1.20. The molecule has 0 aliphatic carbocycles. The van der Waals surface area contributed by atoms with Crippen molar-refractivity contribution in [1.29, 1.82) is 0 Å². The zero-order valence-electron chi connectivity index (χ0n) is 10.9. The Bertz CT molecular complexity index is 409. The second-order valence-corrected chi connectivity index (χ2v) is 5.39. The minimum absolute atomic E-state index is 0.520. The van der Waals surface area contributed by atoms with Gasteiger partial charge < -0.3 is 15.0 Å². The van der Waals surface area contributed by atoms with E-state index in [1.807, 2.05) is 12.3 Å². The van der Waals surface area contributed by atoms with Crippen LogP contribution in [0.15, 0.2) is 12.3 Å². The Kier molecular flexibility index (Phi) is 3.18. The lowest BCUT2D eigenvalue weighted by molar-refractivity contribution is 0.147. The predicted octanol–water partition coefficient (Wildman–Crippen LogP) is 0.813. The first-order valence-electron chi connectivity index (χ1n) is 6.58. The van der Waals surface area contributed by atoms with E-state index in [9.17, 15) is 0 Å². The molecule has 18 heavy (non-hydrogen) atoms. The number of hydrogen-bond acceptors (Lipinski definition) is 5. The van der Waals surface area contributed by atoms with Crippen LogP contribution in [0.2, 0.25) is 0 Å². The first-order chi connectivity index (χ1) is 8.81. The quantitative estimate of drug-likeness (QED) is 0.858. The normalized spacial score (nSPS) is 21.9. The predicted molar refractivity (Wildman–Crippen MR) is 69.5 cm³/mol. The summed E-state index contributed by atoms with van der Waals surface area (Å²) in [4.78, 5) is 11.2. The van der Waals surface area contributed by atoms with Crippen LogP contribution in [0.25, 0.3) is 0 Å². The maximum Gasteiger partial charge on any atom is 0.225 e. The lowest BCUT2D eigenvalue weighted by Crippen LogP contribution is -2.60. The minimum atomic E-state index is 0.520. The topological polar surface area (TPSA) is 50.3 Å². The van der Waals surface area contributed by atoms with E-state index in [-0.39, 0.29) is 0 Å². The molecule has 0 aromatic carbocycles. The van der Waals surface area contributed by atoms with Gasteiger partial charge in [0.1, 0.15) is 0 Å². The molecular formula is C13H20N4O. The van der Waals surface area contributed by atoms with Crippen molar-refractivity contribution in [2.45, 2.75) is 19.4 Å². The summed E-state index contributed by atoms with van der Waals surface area (Å²) < 4.78 is 5.11. The van der Waals surface area contributed by atoms with Crippen LogP contribution in [0.5, 0.6) is 0 Å². The number of aromatic nitrogens is 2. The summed E-state index contributed by atoms with van der Waals surface area (Å²) in [6.45, 7) is 5.06. The highest BCUT2D eigenvalue weighted by Crippen LogP contribution is 2.39. The van der Waals surface area contributed by atoms with Crippen LogP contribution in [0.4, 0.5) is 5.95 Å². The van der Waals surface area contributed by atoms with E-state index in [1.165, 1.54) is 12.8 Å². The van der Waals surface area contributed by atoms with E-state index >= 15 is 0 Å². The summed E-state index contributed by atoms with van der Waals surface area (Å²) in [7, 11) is 1.69. The molecule has 2 fully saturated rings. The third-order valence-corrected chi connectivity index (χ3v) is 3.99. The van der Waals surface area contributed by atoms with Crippen LogP contribution in [-0.4, -0.2) is 43.3 Å². The molecule has 1 spiro atoms. The van der Waals surface area contributed by atoms with Crippen molar-refractivity contribution in [1.82, 2.24) is 15.3 Å². The van der Waals surface area contributed by atoms with Gasteiger partial charge in [-0.05, 0) is 32.0 Å². The fourth-order valence-electron chi connectivity index (χ4n) is 2.94. The molecule has 0 saturated carbocycles. The van der Waals surface area contributed by atoms with Crippen LogP contribution >= 0.6 is 0 Å². The summed E-state index contributed by atoms with van der Waals surface area (Å²) in [5, 5.41) is 3.42. The molecule has 5 heteroatoms. The van der Waals surface area contributed by atoms with E-state index in [1.54, 1.807) is 7.11 Å². The highest BCUT2D eigenvalue weighted by molar-refractivity contribution is 5.36. The molecule has 1 aromatic heterocycles. The minimum Gasteiger partial charge on any atom is -0.378 e. The lowest BCUT2D eigenvalue weighted by Gasteiger charge is -2.52. The number of ether oxygens (including phenoxy) is 1. The average Bonchev–Trinajstić information content (AvgIpc) is 2.38. The molecule has 0 unspecified atom stereocenters. The number of methoxy groups -OCH3 is 1. The van der Waals surface area contributed by atoms with Gasteiger partial charge in [0.15, 0.2) is 0 Å². The van der Waals surface area contributed by atoms with Crippen molar-refractivity contribution in [2.75, 3.05) is 38.2 Å². The van der Waals surface area contributed by atoms with E-state index in [4.69, 9.17) is 4.74 Å². The third kappa shape index (κ3) is 2.20. The van der Waals surface area contributed by atoms with Crippen molar-refractivity contribution in [2.24, 2.45) is 5.41 Å². The Morgan fingerprint density at radius 1 is 1.39 bits per heavy atom. The number of piperidine rings is 1. The molecule has 0 bridgehead atoms. The molecule has 0 atom stereocenters. The Labute approximate surface area is 108 Å². The molecule has 2 aliphatic heterocycles. The van der Waals surface area contributed by atoms with Crippen molar-refractivity contribution >= 4 is 5.95 Å². The van der Waals surface area contributed by atoms with Gasteiger partial charge in [0.25, 0.3) is 0 Å². The molecule has 3 heterocycles. The van der Waals surface area contributed by atoms with Gasteiger partial charge in [0.2, 0.25) is 5.95 Å². The number of hydrogen-bond donors (Lipinski definition) is 1. The molecule has 5 nitrogen and oxygen atoms in total. The summed E-state index contributed by atoms with van der Waals surface area (Å²) in [6, 6.07) is 1.91. The van der Waals surface area contributed by atoms with Crippen LogP contribution in [0, 0.1) is 5.41 Å². The second-order valence-electron chi connectivity index (χ2n) is 5.39. The van der Waals surface area contributed by atoms with Crippen molar-refractivity contribution in [3.05, 3.63) is 18.0 Å². The Morgan fingerprint density at radius 3 is 2.89 bits per heavy atom. The first kappa shape index (κ1) is 11.9. The molecule has 2 saturated heterocycles. The van der Waals surface area contributed by atoms with Gasteiger partial charge in [0.05, 0.1) is 12.3 Å². The molecule has 2 aliphatic rings. The smallest absolute Gasteiger partial charge is 0.225 e. The van der Waals surface area contributed by atoms with Crippen molar-refractivity contribution in [3.63, 3.8) is 0 Å². The number of anilines is 1. The van der Waals surface area contributed by atoms with Crippen LogP contribution in [0.1, 0.15) is 18.5 Å². The van der Waals surface area contributed by atoms with Gasteiger partial charge in [-0.3, -0.25) is 0 Å². The second kappa shape index (κ2) is 4.82. The van der Waals surface area contributed by atoms with E-state index in [0.717, 1.165) is 37.8 Å². The van der Waals surface area contributed by atoms with Gasteiger partial charge >= 0.3 is 0 Å². The van der Waals surface area contributed by atoms with Crippen molar-refractivity contribution < 1.29 is 4.74 Å². The van der Waals surface area contributed by atoms with Gasteiger partial charge in [0, 0.05) is 31.8 Å². The lowest BCUT2D eigenvalue weighted by atomic mass is 9.72. The molecule has 0 radical (unpaired) electrons. The average molecular weight is 248 g/mol. The number of nitrogens with zero attached hydrogens (tertiary/aromatic N) is 3. The first-order valence-corrected chi connectivity index (χ1v) is 6.58. The number of rotatable bonds is 3. The maximum atomic E-state index is 5.11. The fraction of sp³-hybridized carbons (Fsp3) is 0.692. The van der Waals surface area contributed by atoms with Crippen LogP contribution in [0.3, 0.4) is 0 Å². The SMILES string of the molecule is COCc1ccnc(N2CC3(CCNCC3)C2)n1. The maximum absolute atomic E-state index is 5.11. The Balaban J connectivity index is 1.65. The standard InChI is InChI=1S/C13H20N4O/c1-18-8-11-2-5-15-12(16-11)17-9-13(10-17)3-6-14-7-4-13/h2,5,14H,3-4,6-10H2,1H3. The summed E-state index contributed by atoms with van der Waals surface area (Å²) in [5.74, 6) is 0.855. The fourth-order valence-corrected chi connectivity index (χ4v) is 2.94. The monoisotopic (exact) mass is 248 g/mol. The van der Waals surface area contributed by atoms with Gasteiger partial charge in [-0.2, -0.15) is 0 Å². The highest BCUT2D eigenvalue weighted by atomic mass is 16.5. The summed E-state index contributed by atoms with van der Waals surface area (Å²) >= 11 is 0. The van der Waals surface area contributed by atoms with Gasteiger partial charge in [-0.1, -0.05) is 0 Å². The van der Waals surface area contributed by atoms with Gasteiger partial charge in [-0.15, -0.1) is 0 Å². The largest absolute Gasteiger partial charge is 0.378 e. The molecule has 98 valence electrons. The van der Waals surface area contributed by atoms with Gasteiger partial charge in [-0.25, -0.2) is 9.97 Å². The molecular weight excluding hydrogens is 228 g/mol. The van der Waals surface area contributed by atoms with E-state index < -0.39 is 0 Å². The Morgan fingerprint density at radius 2 is 2.17 bits per heavy atom. The third-order valence-electron chi connectivity index (χ3n) is 3.99. The zero-order valence-corrected chi connectivity index (χ0v) is 10.9. The van der Waals surface area contributed by atoms with Crippen LogP contribution in [-0.2, 0) is 11.3 Å². The highest BCUT2D eigenvalue weighted by Gasteiger charge is 2.44. The molecule has 1 aromatic rings. The van der Waals surface area contributed by atoms with Crippen molar-refractivity contribution in [3.8, 4) is 0 Å². The van der Waals surface area contributed by atoms with E-state index in [0.29, 0.717) is 12.0 Å².